The van der Waals surface area contributed by atoms with Crippen LogP contribution in [0.15, 0.2) is 71.5 Å². The van der Waals surface area contributed by atoms with Crippen molar-refractivity contribution in [1.82, 2.24) is 9.88 Å². The smallest absolute Gasteiger partial charge is 0.276 e. The highest BCUT2D eigenvalue weighted by Gasteiger charge is 2.21. The van der Waals surface area contributed by atoms with Gasteiger partial charge in [0, 0.05) is 19.2 Å². The largest absolute Gasteiger partial charge is 0.443 e. The summed E-state index contributed by atoms with van der Waals surface area (Å²) in [6.07, 6.45) is 1.31. The predicted octanol–water partition coefficient (Wildman–Crippen LogP) is 3.61. The van der Waals surface area contributed by atoms with Crippen LogP contribution in [0.2, 0.25) is 0 Å². The fourth-order valence-electron chi connectivity index (χ4n) is 2.30. The Labute approximate surface area is 129 Å². The van der Waals surface area contributed by atoms with Crippen LogP contribution >= 0.6 is 0 Å². The Morgan fingerprint density at radius 2 is 1.68 bits per heavy atom. The van der Waals surface area contributed by atoms with Gasteiger partial charge in [0.05, 0.1) is 0 Å². The highest BCUT2D eigenvalue weighted by molar-refractivity contribution is 5.97. The van der Waals surface area contributed by atoms with E-state index in [9.17, 15) is 4.79 Å². The van der Waals surface area contributed by atoms with Gasteiger partial charge in [0.25, 0.3) is 5.91 Å². The first kappa shape index (κ1) is 14.1. The molecule has 0 bridgehead atoms. The molecule has 1 amide bonds. The number of amides is 1. The Hall–Kier alpha value is -2.88. The Kier molecular flexibility index (Phi) is 4.01. The lowest BCUT2D eigenvalue weighted by Crippen LogP contribution is -2.26. The van der Waals surface area contributed by atoms with E-state index in [1.54, 1.807) is 11.9 Å². The van der Waals surface area contributed by atoms with Crippen LogP contribution in [0.25, 0.3) is 11.3 Å². The Morgan fingerprint density at radius 1 is 1.05 bits per heavy atom. The number of carbonyl (C=O) groups excluding carboxylic acids is 1. The fourth-order valence-corrected chi connectivity index (χ4v) is 2.30. The zero-order chi connectivity index (χ0) is 15.4. The molecule has 0 atom stereocenters. The lowest BCUT2D eigenvalue weighted by molar-refractivity contribution is 0.0780. The van der Waals surface area contributed by atoms with Gasteiger partial charge in [0.15, 0.2) is 17.8 Å². The summed E-state index contributed by atoms with van der Waals surface area (Å²) in [4.78, 5) is 18.3. The number of nitrogens with zero attached hydrogens (tertiary/aromatic N) is 2. The molecule has 0 spiro atoms. The van der Waals surface area contributed by atoms with Gasteiger partial charge in [-0.3, -0.25) is 4.79 Å². The van der Waals surface area contributed by atoms with Crippen molar-refractivity contribution in [2.75, 3.05) is 7.05 Å². The maximum absolute atomic E-state index is 12.6. The van der Waals surface area contributed by atoms with Crippen LogP contribution < -0.4 is 0 Å². The third-order valence-corrected chi connectivity index (χ3v) is 3.42. The third-order valence-electron chi connectivity index (χ3n) is 3.42. The molecular weight excluding hydrogens is 276 g/mol. The number of hydrogen-bond acceptors (Lipinski definition) is 3. The van der Waals surface area contributed by atoms with Gasteiger partial charge in [-0.2, -0.15) is 0 Å². The van der Waals surface area contributed by atoms with Crippen LogP contribution in [-0.2, 0) is 6.54 Å². The molecule has 0 N–H and O–H groups in total. The van der Waals surface area contributed by atoms with Gasteiger partial charge in [-0.15, -0.1) is 0 Å². The Morgan fingerprint density at radius 3 is 2.36 bits per heavy atom. The first-order chi connectivity index (χ1) is 10.8. The minimum Gasteiger partial charge on any atom is -0.443 e. The fraction of sp³-hybridized carbons (Fsp3) is 0.111. The molecule has 0 aliphatic carbocycles. The molecule has 4 nitrogen and oxygen atoms in total. The van der Waals surface area contributed by atoms with Gasteiger partial charge >= 0.3 is 0 Å². The van der Waals surface area contributed by atoms with Crippen LogP contribution in [0.4, 0.5) is 0 Å². The average Bonchev–Trinajstić information content (AvgIpc) is 3.05. The minimum atomic E-state index is -0.156. The monoisotopic (exact) mass is 292 g/mol. The zero-order valence-electron chi connectivity index (χ0n) is 12.3. The van der Waals surface area contributed by atoms with E-state index in [0.717, 1.165) is 11.1 Å². The SMILES string of the molecule is CN(Cc1ccccc1)C(=O)c1ncoc1-c1ccccc1. The lowest BCUT2D eigenvalue weighted by atomic mass is 10.1. The Bertz CT molecular complexity index is 751. The van der Waals surface area contributed by atoms with Crippen molar-refractivity contribution < 1.29 is 9.21 Å². The summed E-state index contributed by atoms with van der Waals surface area (Å²) in [6.45, 7) is 0.529. The number of carbonyl (C=O) groups is 1. The Balaban J connectivity index is 1.83. The molecule has 0 aliphatic heterocycles. The number of aromatic nitrogens is 1. The summed E-state index contributed by atoms with van der Waals surface area (Å²) < 4.78 is 5.41. The molecule has 110 valence electrons. The van der Waals surface area contributed by atoms with Crippen molar-refractivity contribution in [2.45, 2.75) is 6.54 Å². The van der Waals surface area contributed by atoms with Gasteiger partial charge in [0.2, 0.25) is 0 Å². The van der Waals surface area contributed by atoms with Crippen LogP contribution in [0.5, 0.6) is 0 Å². The number of benzene rings is 2. The van der Waals surface area contributed by atoms with Gasteiger partial charge in [-0.05, 0) is 5.56 Å². The standard InChI is InChI=1S/C18H16N2O2/c1-20(12-14-8-4-2-5-9-14)18(21)16-17(22-13-19-16)15-10-6-3-7-11-15/h2-11,13H,12H2,1H3. The molecule has 2 aromatic carbocycles. The van der Waals surface area contributed by atoms with Crippen molar-refractivity contribution in [3.8, 4) is 11.3 Å². The van der Waals surface area contributed by atoms with E-state index < -0.39 is 0 Å². The van der Waals surface area contributed by atoms with Crippen molar-refractivity contribution in [3.05, 3.63) is 78.3 Å². The van der Waals surface area contributed by atoms with Gasteiger partial charge in [-0.25, -0.2) is 4.98 Å². The molecule has 1 aromatic heterocycles. The van der Waals surface area contributed by atoms with Gasteiger partial charge in [0.1, 0.15) is 0 Å². The van der Waals surface area contributed by atoms with E-state index in [1.807, 2.05) is 60.7 Å². The van der Waals surface area contributed by atoms with Crippen molar-refractivity contribution in [3.63, 3.8) is 0 Å². The molecule has 22 heavy (non-hydrogen) atoms. The molecule has 0 saturated heterocycles. The van der Waals surface area contributed by atoms with Crippen molar-refractivity contribution in [2.24, 2.45) is 0 Å². The summed E-state index contributed by atoms with van der Waals surface area (Å²) >= 11 is 0. The van der Waals surface area contributed by atoms with Crippen molar-refractivity contribution >= 4 is 5.91 Å². The van der Waals surface area contributed by atoms with E-state index in [0.29, 0.717) is 18.0 Å². The zero-order valence-corrected chi connectivity index (χ0v) is 12.3. The topological polar surface area (TPSA) is 46.3 Å². The van der Waals surface area contributed by atoms with E-state index in [4.69, 9.17) is 4.42 Å². The second-order valence-electron chi connectivity index (χ2n) is 5.04. The molecular formula is C18H16N2O2. The number of hydrogen-bond donors (Lipinski definition) is 0. The van der Waals surface area contributed by atoms with E-state index in [2.05, 4.69) is 4.98 Å². The van der Waals surface area contributed by atoms with Gasteiger partial charge in [-0.1, -0.05) is 60.7 Å². The molecule has 3 rings (SSSR count). The highest BCUT2D eigenvalue weighted by atomic mass is 16.3. The average molecular weight is 292 g/mol. The predicted molar refractivity (Wildman–Crippen MR) is 84.2 cm³/mol. The first-order valence-electron chi connectivity index (χ1n) is 7.04. The van der Waals surface area contributed by atoms with Crippen LogP contribution in [0, 0.1) is 0 Å². The lowest BCUT2D eigenvalue weighted by Gasteiger charge is -2.16. The normalized spacial score (nSPS) is 10.4. The molecule has 4 heteroatoms. The number of rotatable bonds is 4. The summed E-state index contributed by atoms with van der Waals surface area (Å²) in [7, 11) is 1.76. The maximum atomic E-state index is 12.6. The summed E-state index contributed by atoms with van der Waals surface area (Å²) in [5.74, 6) is 0.349. The first-order valence-corrected chi connectivity index (χ1v) is 7.04. The molecule has 0 fully saturated rings. The summed E-state index contributed by atoms with van der Waals surface area (Å²) in [5, 5.41) is 0. The third kappa shape index (κ3) is 2.91. The maximum Gasteiger partial charge on any atom is 0.276 e. The molecule has 0 unspecified atom stereocenters. The summed E-state index contributed by atoms with van der Waals surface area (Å²) in [6, 6.07) is 19.4. The van der Waals surface area contributed by atoms with Crippen LogP contribution in [-0.4, -0.2) is 22.8 Å². The number of oxazole rings is 1. The second-order valence-corrected chi connectivity index (χ2v) is 5.04. The van der Waals surface area contributed by atoms with Crippen LogP contribution in [0.1, 0.15) is 16.1 Å². The van der Waals surface area contributed by atoms with Crippen molar-refractivity contribution in [1.29, 1.82) is 0 Å². The quantitative estimate of drug-likeness (QED) is 0.738. The molecule has 0 aliphatic rings. The van der Waals surface area contributed by atoms with E-state index in [-0.39, 0.29) is 5.91 Å². The molecule has 1 heterocycles. The molecule has 0 radical (unpaired) electrons. The molecule has 0 saturated carbocycles. The van der Waals surface area contributed by atoms with Crippen LogP contribution in [0.3, 0.4) is 0 Å². The highest BCUT2D eigenvalue weighted by Crippen LogP contribution is 2.23. The van der Waals surface area contributed by atoms with E-state index >= 15 is 0 Å². The summed E-state index contributed by atoms with van der Waals surface area (Å²) in [5.41, 5.74) is 2.25. The molecule has 3 aromatic rings. The second kappa shape index (κ2) is 6.26. The minimum absolute atomic E-state index is 0.156. The van der Waals surface area contributed by atoms with E-state index in [1.165, 1.54) is 6.39 Å². The van der Waals surface area contributed by atoms with Gasteiger partial charge < -0.3 is 9.32 Å².